The molecule has 1 aliphatic rings. The minimum absolute atomic E-state index is 0.0541. The van der Waals surface area contributed by atoms with Crippen LogP contribution in [0.2, 0.25) is 0 Å². The van der Waals surface area contributed by atoms with E-state index in [1.807, 2.05) is 0 Å². The van der Waals surface area contributed by atoms with Gasteiger partial charge in [-0.2, -0.15) is 31.4 Å². The standard InChI is InChI=1S/C21H22F6N8O2S/c1-11-30-12(2)35(32-11)10-15(37)34-5-4-33(9-14(34)3-6-36)17-16(31-19(38-17)21(25,26)27)13-7-28-18(29-8-13)20(22,23)24/h7-8,14,36H,3-6,9-10H2,1-2H3/t14-/m1/s1. The van der Waals surface area contributed by atoms with E-state index in [1.165, 1.54) is 9.58 Å². The Morgan fingerprint density at radius 1 is 1.08 bits per heavy atom. The second-order valence-corrected chi connectivity index (χ2v) is 9.50. The van der Waals surface area contributed by atoms with Crippen LogP contribution >= 0.6 is 11.3 Å². The van der Waals surface area contributed by atoms with Gasteiger partial charge in [0, 0.05) is 44.2 Å². The molecule has 1 saturated heterocycles. The maximum atomic E-state index is 13.5. The molecule has 10 nitrogen and oxygen atoms in total. The van der Waals surface area contributed by atoms with Crippen molar-refractivity contribution in [3.05, 3.63) is 34.9 Å². The van der Waals surface area contributed by atoms with Crippen molar-refractivity contribution < 1.29 is 36.2 Å². The van der Waals surface area contributed by atoms with E-state index in [9.17, 15) is 36.2 Å². The Balaban J connectivity index is 1.62. The van der Waals surface area contributed by atoms with Gasteiger partial charge in [-0.1, -0.05) is 11.3 Å². The fourth-order valence-electron chi connectivity index (χ4n) is 4.13. The van der Waals surface area contributed by atoms with Gasteiger partial charge < -0.3 is 14.9 Å². The van der Waals surface area contributed by atoms with Gasteiger partial charge in [0.25, 0.3) is 0 Å². The van der Waals surface area contributed by atoms with Gasteiger partial charge in [-0.25, -0.2) is 24.6 Å². The van der Waals surface area contributed by atoms with Crippen molar-refractivity contribution in [3.63, 3.8) is 0 Å². The minimum Gasteiger partial charge on any atom is -0.396 e. The first-order chi connectivity index (χ1) is 17.8. The van der Waals surface area contributed by atoms with Crippen LogP contribution in [0.3, 0.4) is 0 Å². The monoisotopic (exact) mass is 564 g/mol. The van der Waals surface area contributed by atoms with Crippen LogP contribution in [0.1, 0.15) is 28.9 Å². The van der Waals surface area contributed by atoms with Gasteiger partial charge in [0.05, 0.1) is 6.04 Å². The highest BCUT2D eigenvalue weighted by atomic mass is 32.1. The zero-order valence-electron chi connectivity index (χ0n) is 20.1. The number of rotatable bonds is 6. The van der Waals surface area contributed by atoms with E-state index in [1.54, 1.807) is 18.7 Å². The lowest BCUT2D eigenvalue weighted by Gasteiger charge is -2.42. The molecule has 0 saturated carbocycles. The van der Waals surface area contributed by atoms with E-state index in [4.69, 9.17) is 0 Å². The molecule has 0 aromatic carbocycles. The predicted octanol–water partition coefficient (Wildman–Crippen LogP) is 2.95. The fraction of sp³-hybridized carbons (Fsp3) is 0.524. The topological polar surface area (TPSA) is 113 Å². The molecule has 0 spiro atoms. The van der Waals surface area contributed by atoms with Crippen molar-refractivity contribution in [1.29, 1.82) is 0 Å². The molecule has 38 heavy (non-hydrogen) atoms. The number of carbonyl (C=O) groups is 1. The van der Waals surface area contributed by atoms with Gasteiger partial charge in [0.1, 0.15) is 28.9 Å². The van der Waals surface area contributed by atoms with Gasteiger partial charge in [-0.3, -0.25) is 4.79 Å². The van der Waals surface area contributed by atoms with Crippen LogP contribution in [-0.4, -0.2) is 77.9 Å². The normalized spacial score (nSPS) is 16.8. The summed E-state index contributed by atoms with van der Waals surface area (Å²) >= 11 is 0.338. The molecule has 1 fully saturated rings. The summed E-state index contributed by atoms with van der Waals surface area (Å²) in [5.41, 5.74) is -0.332. The molecule has 1 amide bonds. The zero-order chi connectivity index (χ0) is 27.8. The number of piperazine rings is 1. The number of carbonyl (C=O) groups excluding carboxylic acids is 1. The Kier molecular flexibility index (Phi) is 7.60. The number of thiazole rings is 1. The van der Waals surface area contributed by atoms with Crippen LogP contribution in [0, 0.1) is 13.8 Å². The average molecular weight is 565 g/mol. The summed E-state index contributed by atoms with van der Waals surface area (Å²) in [6, 6.07) is -0.556. The molecule has 0 bridgehead atoms. The summed E-state index contributed by atoms with van der Waals surface area (Å²) in [5, 5.41) is 12.6. The first-order valence-electron chi connectivity index (χ1n) is 11.3. The second-order valence-electron chi connectivity index (χ2n) is 8.53. The number of amides is 1. The molecule has 3 aromatic heterocycles. The zero-order valence-corrected chi connectivity index (χ0v) is 20.9. The molecule has 4 rings (SSSR count). The first kappa shape index (κ1) is 27.7. The molecule has 0 aliphatic carbocycles. The molecular weight excluding hydrogens is 542 g/mol. The second kappa shape index (κ2) is 10.4. The van der Waals surface area contributed by atoms with Crippen molar-refractivity contribution in [2.45, 2.75) is 45.2 Å². The molecule has 4 heterocycles. The summed E-state index contributed by atoms with van der Waals surface area (Å²) in [6.07, 6.45) is -7.89. The van der Waals surface area contributed by atoms with E-state index >= 15 is 0 Å². The van der Waals surface area contributed by atoms with Crippen LogP contribution in [0.4, 0.5) is 31.3 Å². The maximum Gasteiger partial charge on any atom is 0.451 e. The smallest absolute Gasteiger partial charge is 0.396 e. The molecule has 1 aliphatic heterocycles. The number of anilines is 1. The van der Waals surface area contributed by atoms with E-state index in [0.717, 1.165) is 12.4 Å². The van der Waals surface area contributed by atoms with Gasteiger partial charge in [0.2, 0.25) is 16.7 Å². The van der Waals surface area contributed by atoms with Crippen LogP contribution < -0.4 is 4.90 Å². The van der Waals surface area contributed by atoms with Gasteiger partial charge in [-0.15, -0.1) is 0 Å². The van der Waals surface area contributed by atoms with Crippen molar-refractivity contribution in [2.24, 2.45) is 0 Å². The Morgan fingerprint density at radius 3 is 2.32 bits per heavy atom. The molecule has 0 unspecified atom stereocenters. The average Bonchev–Trinajstić information content (AvgIpc) is 3.42. The predicted molar refractivity (Wildman–Crippen MR) is 122 cm³/mol. The Hall–Kier alpha value is -3.34. The number of alkyl halides is 6. The van der Waals surface area contributed by atoms with Crippen molar-refractivity contribution in [1.82, 2.24) is 34.6 Å². The summed E-state index contributed by atoms with van der Waals surface area (Å²) in [4.78, 5) is 30.5. The largest absolute Gasteiger partial charge is 0.451 e. The fourth-order valence-corrected chi connectivity index (χ4v) is 5.12. The summed E-state index contributed by atoms with van der Waals surface area (Å²) in [6.45, 7) is 3.32. The quantitative estimate of drug-likeness (QED) is 0.455. The van der Waals surface area contributed by atoms with Crippen LogP contribution in [0.15, 0.2) is 12.4 Å². The van der Waals surface area contributed by atoms with Crippen molar-refractivity contribution in [3.8, 4) is 11.3 Å². The van der Waals surface area contributed by atoms with Gasteiger partial charge >= 0.3 is 12.4 Å². The molecule has 17 heteroatoms. The highest BCUT2D eigenvalue weighted by Gasteiger charge is 2.39. The van der Waals surface area contributed by atoms with E-state index in [-0.39, 0.29) is 61.4 Å². The maximum absolute atomic E-state index is 13.5. The van der Waals surface area contributed by atoms with Crippen LogP contribution in [0.5, 0.6) is 0 Å². The summed E-state index contributed by atoms with van der Waals surface area (Å²) in [7, 11) is 0. The summed E-state index contributed by atoms with van der Waals surface area (Å²) in [5.74, 6) is -0.687. The van der Waals surface area contributed by atoms with Gasteiger partial charge in [0.15, 0.2) is 0 Å². The SMILES string of the molecule is Cc1nc(C)n(CC(=O)N2CCN(c3sc(C(F)(F)F)nc3-c3cnc(C(F)(F)F)nc3)C[C@H]2CCO)n1. The van der Waals surface area contributed by atoms with Crippen molar-refractivity contribution in [2.75, 3.05) is 31.1 Å². The number of aliphatic hydroxyl groups is 1. The number of halogens is 6. The number of aromatic nitrogens is 6. The van der Waals surface area contributed by atoms with E-state index < -0.39 is 29.2 Å². The molecule has 1 N–H and O–H groups in total. The molecular formula is C21H22F6N8O2S. The Morgan fingerprint density at radius 2 is 1.76 bits per heavy atom. The summed E-state index contributed by atoms with van der Waals surface area (Å²) < 4.78 is 80.7. The van der Waals surface area contributed by atoms with Crippen molar-refractivity contribution >= 4 is 22.2 Å². The molecule has 206 valence electrons. The van der Waals surface area contributed by atoms with E-state index in [2.05, 4.69) is 25.0 Å². The highest BCUT2D eigenvalue weighted by Crippen LogP contribution is 2.43. The first-order valence-corrected chi connectivity index (χ1v) is 12.1. The third-order valence-corrected chi connectivity index (χ3v) is 6.99. The lowest BCUT2D eigenvalue weighted by Crippen LogP contribution is -2.56. The minimum atomic E-state index is -4.82. The van der Waals surface area contributed by atoms with Crippen LogP contribution in [-0.2, 0) is 23.7 Å². The number of nitrogens with zero attached hydrogens (tertiary/aromatic N) is 8. The lowest BCUT2D eigenvalue weighted by atomic mass is 10.1. The molecule has 1 atom stereocenters. The lowest BCUT2D eigenvalue weighted by molar-refractivity contribution is -0.145. The number of hydrogen-bond donors (Lipinski definition) is 1. The van der Waals surface area contributed by atoms with E-state index in [0.29, 0.717) is 23.0 Å². The Labute approximate surface area is 216 Å². The number of aryl methyl sites for hydroxylation is 2. The third kappa shape index (κ3) is 5.87. The number of aliphatic hydroxyl groups excluding tert-OH is 1. The third-order valence-electron chi connectivity index (χ3n) is 5.83. The van der Waals surface area contributed by atoms with Crippen LogP contribution in [0.25, 0.3) is 11.3 Å². The molecule has 3 aromatic rings. The number of hydrogen-bond acceptors (Lipinski definition) is 9. The Bertz CT molecular complexity index is 1290. The van der Waals surface area contributed by atoms with Gasteiger partial charge in [-0.05, 0) is 20.3 Å². The highest BCUT2D eigenvalue weighted by molar-refractivity contribution is 7.16. The molecule has 0 radical (unpaired) electrons.